The lowest BCUT2D eigenvalue weighted by Gasteiger charge is -2.32. The van der Waals surface area contributed by atoms with Crippen molar-refractivity contribution in [2.75, 3.05) is 31.6 Å². The van der Waals surface area contributed by atoms with Gasteiger partial charge in [0.15, 0.2) is 11.5 Å². The average molecular weight is 671 g/mol. The normalized spacial score (nSPS) is 12.0. The van der Waals surface area contributed by atoms with E-state index in [0.29, 0.717) is 32.9 Å². The van der Waals surface area contributed by atoms with Crippen LogP contribution in [-0.2, 0) is 26.2 Å². The molecule has 0 radical (unpaired) electrons. The first-order chi connectivity index (χ1) is 20.3. The fourth-order valence-corrected chi connectivity index (χ4v) is 6.20. The van der Waals surface area contributed by atoms with E-state index in [-0.39, 0.29) is 28.8 Å². The van der Waals surface area contributed by atoms with Gasteiger partial charge in [-0.05, 0) is 61.4 Å². The Morgan fingerprint density at radius 1 is 0.884 bits per heavy atom. The number of nitrogens with zero attached hydrogens (tertiary/aromatic N) is 2. The molecule has 0 bridgehead atoms. The van der Waals surface area contributed by atoms with Gasteiger partial charge in [0, 0.05) is 39.8 Å². The van der Waals surface area contributed by atoms with Gasteiger partial charge in [0.25, 0.3) is 10.0 Å². The van der Waals surface area contributed by atoms with Crippen LogP contribution in [0.1, 0.15) is 26.3 Å². The lowest BCUT2D eigenvalue weighted by atomic mass is 10.1. The number of halogens is 3. The van der Waals surface area contributed by atoms with Gasteiger partial charge in [0.05, 0.1) is 24.8 Å². The maximum atomic E-state index is 14.1. The highest BCUT2D eigenvalue weighted by atomic mass is 35.5. The highest BCUT2D eigenvalue weighted by molar-refractivity contribution is 7.92. The summed E-state index contributed by atoms with van der Waals surface area (Å²) in [6.07, 6.45) is 0. The maximum absolute atomic E-state index is 14.1. The van der Waals surface area contributed by atoms with Gasteiger partial charge in [0.1, 0.15) is 12.6 Å². The summed E-state index contributed by atoms with van der Waals surface area (Å²) >= 11 is 18.9. The van der Waals surface area contributed by atoms with Crippen molar-refractivity contribution in [1.82, 2.24) is 10.2 Å². The minimum absolute atomic E-state index is 0.140. The van der Waals surface area contributed by atoms with Crippen molar-refractivity contribution in [3.05, 3.63) is 81.3 Å². The number of methoxy groups -OCH3 is 2. The molecule has 43 heavy (non-hydrogen) atoms. The quantitative estimate of drug-likeness (QED) is 0.238. The zero-order chi connectivity index (χ0) is 31.9. The Morgan fingerprint density at radius 2 is 1.49 bits per heavy atom. The molecule has 1 N–H and O–H groups in total. The number of amides is 2. The third-order valence-corrected chi connectivity index (χ3v) is 9.31. The van der Waals surface area contributed by atoms with E-state index < -0.39 is 34.4 Å². The first-order valence-electron chi connectivity index (χ1n) is 13.3. The van der Waals surface area contributed by atoms with Gasteiger partial charge in [-0.1, -0.05) is 54.7 Å². The summed E-state index contributed by atoms with van der Waals surface area (Å²) < 4.78 is 39.7. The molecule has 0 heterocycles. The van der Waals surface area contributed by atoms with Gasteiger partial charge in [-0.15, -0.1) is 0 Å². The summed E-state index contributed by atoms with van der Waals surface area (Å²) in [5, 5.41) is 3.81. The van der Waals surface area contributed by atoms with Crippen molar-refractivity contribution in [2.24, 2.45) is 5.92 Å². The Labute approximate surface area is 267 Å². The minimum Gasteiger partial charge on any atom is -0.493 e. The molecule has 0 saturated heterocycles. The minimum atomic E-state index is -4.36. The van der Waals surface area contributed by atoms with Crippen molar-refractivity contribution >= 4 is 62.3 Å². The monoisotopic (exact) mass is 669 g/mol. The standard InChI is InChI=1S/C30H34Cl3N3O6S/c1-19(2)16-34-30(38)20(3)35(17-24-25(32)7-6-8-26(24)33)29(37)18-36(22-11-9-21(31)10-12-22)43(39,40)23-13-14-27(41-4)28(15-23)42-5/h6-15,19-20H,16-18H2,1-5H3,(H,34,38). The van der Waals surface area contributed by atoms with Crippen LogP contribution in [0.3, 0.4) is 0 Å². The second-order valence-corrected chi connectivity index (χ2v) is 13.2. The lowest BCUT2D eigenvalue weighted by molar-refractivity contribution is -0.139. The fourth-order valence-electron chi connectivity index (χ4n) is 4.13. The van der Waals surface area contributed by atoms with E-state index >= 15 is 0 Å². The lowest BCUT2D eigenvalue weighted by Crippen LogP contribution is -2.51. The Kier molecular flexibility index (Phi) is 12.0. The molecule has 3 aromatic rings. The third kappa shape index (κ3) is 8.47. The predicted molar refractivity (Wildman–Crippen MR) is 170 cm³/mol. The number of hydrogen-bond acceptors (Lipinski definition) is 6. The largest absolute Gasteiger partial charge is 0.493 e. The zero-order valence-electron chi connectivity index (χ0n) is 24.4. The molecule has 0 aromatic heterocycles. The Hall–Kier alpha value is -3.18. The van der Waals surface area contributed by atoms with E-state index in [1.54, 1.807) is 25.1 Å². The van der Waals surface area contributed by atoms with Crippen molar-refractivity contribution in [2.45, 2.75) is 38.3 Å². The SMILES string of the molecule is COc1ccc(S(=O)(=O)N(CC(=O)N(Cc2c(Cl)cccc2Cl)C(C)C(=O)NCC(C)C)c2ccc(Cl)cc2)cc1OC. The van der Waals surface area contributed by atoms with E-state index in [9.17, 15) is 18.0 Å². The summed E-state index contributed by atoms with van der Waals surface area (Å²) in [5.74, 6) is -0.380. The Balaban J connectivity index is 2.09. The second kappa shape index (κ2) is 15.0. The molecular weight excluding hydrogens is 637 g/mol. The number of nitrogens with one attached hydrogen (secondary N) is 1. The molecule has 232 valence electrons. The topological polar surface area (TPSA) is 105 Å². The van der Waals surface area contributed by atoms with Crippen molar-refractivity contribution in [1.29, 1.82) is 0 Å². The predicted octanol–water partition coefficient (Wildman–Crippen LogP) is 6.05. The van der Waals surface area contributed by atoms with Gasteiger partial charge in [-0.3, -0.25) is 13.9 Å². The van der Waals surface area contributed by atoms with Gasteiger partial charge in [0.2, 0.25) is 11.8 Å². The molecule has 0 aliphatic heterocycles. The van der Waals surface area contributed by atoms with Crippen LogP contribution in [0, 0.1) is 5.92 Å². The molecule has 9 nitrogen and oxygen atoms in total. The average Bonchev–Trinajstić information content (AvgIpc) is 2.98. The zero-order valence-corrected chi connectivity index (χ0v) is 27.5. The molecule has 3 rings (SSSR count). The van der Waals surface area contributed by atoms with Crippen molar-refractivity contribution < 1.29 is 27.5 Å². The van der Waals surface area contributed by atoms with Crippen LogP contribution in [0.25, 0.3) is 0 Å². The first-order valence-corrected chi connectivity index (χ1v) is 15.9. The summed E-state index contributed by atoms with van der Waals surface area (Å²) in [6, 6.07) is 14.0. The van der Waals surface area contributed by atoms with Gasteiger partial charge < -0.3 is 19.7 Å². The van der Waals surface area contributed by atoms with E-state index in [4.69, 9.17) is 44.3 Å². The molecule has 2 amide bonds. The number of ether oxygens (including phenoxy) is 2. The van der Waals surface area contributed by atoms with Crippen LogP contribution in [0.2, 0.25) is 15.1 Å². The van der Waals surface area contributed by atoms with Crippen LogP contribution in [0.4, 0.5) is 5.69 Å². The number of hydrogen-bond donors (Lipinski definition) is 1. The van der Waals surface area contributed by atoms with Crippen LogP contribution in [0.15, 0.2) is 65.6 Å². The highest BCUT2D eigenvalue weighted by Crippen LogP contribution is 2.33. The Bertz CT molecular complexity index is 1530. The highest BCUT2D eigenvalue weighted by Gasteiger charge is 2.33. The molecule has 0 aliphatic carbocycles. The number of sulfonamides is 1. The maximum Gasteiger partial charge on any atom is 0.264 e. The number of carbonyl (C=O) groups is 2. The molecule has 0 saturated carbocycles. The number of benzene rings is 3. The molecule has 0 aliphatic rings. The molecular formula is C30H34Cl3N3O6S. The van der Waals surface area contributed by atoms with Crippen molar-refractivity contribution in [3.63, 3.8) is 0 Å². The van der Waals surface area contributed by atoms with E-state index in [2.05, 4.69) is 5.32 Å². The van der Waals surface area contributed by atoms with Crippen molar-refractivity contribution in [3.8, 4) is 11.5 Å². The number of anilines is 1. The molecule has 13 heteroatoms. The summed E-state index contributed by atoms with van der Waals surface area (Å²) in [5.41, 5.74) is 0.601. The van der Waals surface area contributed by atoms with Gasteiger partial charge >= 0.3 is 0 Å². The second-order valence-electron chi connectivity index (χ2n) is 10.0. The number of rotatable bonds is 13. The van der Waals surface area contributed by atoms with Gasteiger partial charge in [-0.2, -0.15) is 0 Å². The molecule has 3 aromatic carbocycles. The first kappa shape index (κ1) is 34.3. The third-order valence-electron chi connectivity index (χ3n) is 6.58. The van der Waals surface area contributed by atoms with Gasteiger partial charge in [-0.25, -0.2) is 8.42 Å². The van der Waals surface area contributed by atoms with Crippen LogP contribution >= 0.6 is 34.8 Å². The molecule has 0 fully saturated rings. The summed E-state index contributed by atoms with van der Waals surface area (Å²) in [7, 11) is -1.53. The summed E-state index contributed by atoms with van der Waals surface area (Å²) in [4.78, 5) is 28.4. The summed E-state index contributed by atoms with van der Waals surface area (Å²) in [6.45, 7) is 5.05. The fraction of sp³-hybridized carbons (Fsp3) is 0.333. The number of carbonyl (C=O) groups excluding carboxylic acids is 2. The molecule has 1 atom stereocenters. The van der Waals surface area contributed by atoms with Crippen LogP contribution in [0.5, 0.6) is 11.5 Å². The van der Waals surface area contributed by atoms with Crippen LogP contribution < -0.4 is 19.1 Å². The van der Waals surface area contributed by atoms with E-state index in [1.165, 1.54) is 61.6 Å². The molecule has 0 spiro atoms. The smallest absolute Gasteiger partial charge is 0.264 e. The van der Waals surface area contributed by atoms with E-state index in [1.807, 2.05) is 13.8 Å². The Morgan fingerprint density at radius 3 is 2.05 bits per heavy atom. The van der Waals surface area contributed by atoms with Crippen LogP contribution in [-0.4, -0.2) is 58.5 Å². The molecule has 1 unspecified atom stereocenters. The van der Waals surface area contributed by atoms with E-state index in [0.717, 1.165) is 4.31 Å².